The molecule has 1 saturated heterocycles. The van der Waals surface area contributed by atoms with E-state index in [4.69, 9.17) is 4.74 Å². The SMILES string of the molecule is C=CC[C@H]1CC(=O)[C@@](C)(c2ccccc2)[C@@H](CCc2ccccc2)O1. The molecule has 0 spiro atoms. The quantitative estimate of drug-likeness (QED) is 0.704. The fraction of sp³-hybridized carbons (Fsp3) is 0.348. The minimum Gasteiger partial charge on any atom is -0.373 e. The van der Waals surface area contributed by atoms with Gasteiger partial charge in [-0.25, -0.2) is 0 Å². The van der Waals surface area contributed by atoms with E-state index in [0.29, 0.717) is 6.42 Å². The average Bonchev–Trinajstić information content (AvgIpc) is 2.65. The number of Topliss-reactive ketones (excluding diaryl/α,β-unsaturated/α-hetero) is 1. The molecule has 1 aliphatic rings. The van der Waals surface area contributed by atoms with Crippen molar-refractivity contribution in [2.24, 2.45) is 0 Å². The van der Waals surface area contributed by atoms with Crippen LogP contribution < -0.4 is 0 Å². The van der Waals surface area contributed by atoms with E-state index < -0.39 is 5.41 Å². The summed E-state index contributed by atoms with van der Waals surface area (Å²) in [7, 11) is 0. The van der Waals surface area contributed by atoms with Gasteiger partial charge in [0.1, 0.15) is 5.78 Å². The highest BCUT2D eigenvalue weighted by Crippen LogP contribution is 2.39. The van der Waals surface area contributed by atoms with Gasteiger partial charge in [0.15, 0.2) is 0 Å². The summed E-state index contributed by atoms with van der Waals surface area (Å²) in [4.78, 5) is 13.1. The van der Waals surface area contributed by atoms with Gasteiger partial charge in [0.2, 0.25) is 0 Å². The van der Waals surface area contributed by atoms with Gasteiger partial charge in [-0.1, -0.05) is 66.7 Å². The van der Waals surface area contributed by atoms with E-state index in [0.717, 1.165) is 24.8 Å². The Labute approximate surface area is 150 Å². The Bertz CT molecular complexity index is 707. The van der Waals surface area contributed by atoms with E-state index in [1.807, 2.05) is 49.4 Å². The van der Waals surface area contributed by atoms with Gasteiger partial charge in [-0.15, -0.1) is 6.58 Å². The lowest BCUT2D eigenvalue weighted by molar-refractivity contribution is -0.150. The first kappa shape index (κ1) is 17.6. The van der Waals surface area contributed by atoms with Gasteiger partial charge in [0, 0.05) is 6.42 Å². The average molecular weight is 334 g/mol. The number of ketones is 1. The van der Waals surface area contributed by atoms with E-state index >= 15 is 0 Å². The van der Waals surface area contributed by atoms with Crippen LogP contribution in [0, 0.1) is 0 Å². The molecule has 2 heteroatoms. The molecule has 3 rings (SSSR count). The van der Waals surface area contributed by atoms with Crippen molar-refractivity contribution < 1.29 is 9.53 Å². The lowest BCUT2D eigenvalue weighted by Gasteiger charge is -2.43. The second kappa shape index (κ2) is 7.79. The smallest absolute Gasteiger partial charge is 0.148 e. The summed E-state index contributed by atoms with van der Waals surface area (Å²) in [6.45, 7) is 5.85. The number of benzene rings is 2. The fourth-order valence-electron chi connectivity index (χ4n) is 3.77. The summed E-state index contributed by atoms with van der Waals surface area (Å²) in [5, 5.41) is 0. The Morgan fingerprint density at radius 2 is 1.76 bits per heavy atom. The maximum absolute atomic E-state index is 13.1. The standard InChI is InChI=1S/C23H26O2/c1-3-10-20-17-21(24)23(2,19-13-8-5-9-14-19)22(25-20)16-15-18-11-6-4-7-12-18/h3-9,11-14,20,22H,1,10,15-17H2,2H3/t20-,22+,23+/m0/s1. The number of hydrogen-bond donors (Lipinski definition) is 0. The monoisotopic (exact) mass is 334 g/mol. The largest absolute Gasteiger partial charge is 0.373 e. The molecule has 25 heavy (non-hydrogen) atoms. The van der Waals surface area contributed by atoms with Crippen molar-refractivity contribution in [1.29, 1.82) is 0 Å². The van der Waals surface area contributed by atoms with E-state index in [-0.39, 0.29) is 18.0 Å². The highest BCUT2D eigenvalue weighted by atomic mass is 16.5. The fourth-order valence-corrected chi connectivity index (χ4v) is 3.77. The van der Waals surface area contributed by atoms with Gasteiger partial charge in [-0.05, 0) is 37.3 Å². The van der Waals surface area contributed by atoms with Gasteiger partial charge < -0.3 is 4.74 Å². The number of ether oxygens (including phenoxy) is 1. The van der Waals surface area contributed by atoms with Crippen LogP contribution >= 0.6 is 0 Å². The molecule has 1 heterocycles. The van der Waals surface area contributed by atoms with Gasteiger partial charge in [0.25, 0.3) is 0 Å². The second-order valence-corrected chi connectivity index (χ2v) is 6.99. The van der Waals surface area contributed by atoms with Crippen molar-refractivity contribution >= 4 is 5.78 Å². The van der Waals surface area contributed by atoms with Gasteiger partial charge in [0.05, 0.1) is 17.6 Å². The molecule has 1 aliphatic heterocycles. The van der Waals surface area contributed by atoms with Crippen molar-refractivity contribution in [3.05, 3.63) is 84.4 Å². The topological polar surface area (TPSA) is 26.3 Å². The molecule has 1 fully saturated rings. The minimum absolute atomic E-state index is 0.0532. The molecular weight excluding hydrogens is 308 g/mol. The first-order valence-electron chi connectivity index (χ1n) is 9.03. The molecule has 2 aromatic rings. The van der Waals surface area contributed by atoms with Crippen molar-refractivity contribution in [1.82, 2.24) is 0 Å². The molecule has 2 aromatic carbocycles. The zero-order chi connectivity index (χ0) is 17.7. The van der Waals surface area contributed by atoms with Gasteiger partial charge in [-0.3, -0.25) is 4.79 Å². The van der Waals surface area contributed by atoms with Crippen LogP contribution in [0.15, 0.2) is 73.3 Å². The summed E-state index contributed by atoms with van der Waals surface area (Å²) in [6, 6.07) is 20.5. The van der Waals surface area contributed by atoms with E-state index in [2.05, 4.69) is 30.8 Å². The molecule has 0 bridgehead atoms. The molecule has 0 aliphatic carbocycles. The van der Waals surface area contributed by atoms with Crippen molar-refractivity contribution in [3.63, 3.8) is 0 Å². The van der Waals surface area contributed by atoms with Crippen molar-refractivity contribution in [2.45, 2.75) is 50.2 Å². The van der Waals surface area contributed by atoms with E-state index in [1.165, 1.54) is 5.56 Å². The summed E-state index contributed by atoms with van der Waals surface area (Å²) < 4.78 is 6.40. The van der Waals surface area contributed by atoms with Gasteiger partial charge >= 0.3 is 0 Å². The number of hydrogen-bond acceptors (Lipinski definition) is 2. The van der Waals surface area contributed by atoms with E-state index in [1.54, 1.807) is 0 Å². The van der Waals surface area contributed by atoms with Crippen LogP contribution in [-0.2, 0) is 21.4 Å². The molecule has 0 amide bonds. The van der Waals surface area contributed by atoms with Crippen molar-refractivity contribution in [3.8, 4) is 0 Å². The number of aryl methyl sites for hydroxylation is 1. The lowest BCUT2D eigenvalue weighted by atomic mass is 9.69. The third-order valence-electron chi connectivity index (χ3n) is 5.33. The van der Waals surface area contributed by atoms with E-state index in [9.17, 15) is 4.79 Å². The Hall–Kier alpha value is -2.19. The first-order chi connectivity index (χ1) is 12.1. The maximum atomic E-state index is 13.1. The van der Waals surface area contributed by atoms with Crippen LogP contribution in [0.5, 0.6) is 0 Å². The number of carbonyl (C=O) groups is 1. The zero-order valence-corrected chi connectivity index (χ0v) is 14.9. The highest BCUT2D eigenvalue weighted by Gasteiger charge is 2.47. The Balaban J connectivity index is 1.87. The maximum Gasteiger partial charge on any atom is 0.148 e. The molecule has 0 aromatic heterocycles. The molecule has 0 saturated carbocycles. The summed E-state index contributed by atoms with van der Waals surface area (Å²) in [5.41, 5.74) is 1.74. The normalized spacial score (nSPS) is 26.4. The summed E-state index contributed by atoms with van der Waals surface area (Å²) in [6.07, 6.45) is 4.58. The summed E-state index contributed by atoms with van der Waals surface area (Å²) in [5.74, 6) is 0.273. The molecule has 0 N–H and O–H groups in total. The lowest BCUT2D eigenvalue weighted by Crippen LogP contribution is -2.52. The van der Waals surface area contributed by atoms with Crippen LogP contribution in [0.3, 0.4) is 0 Å². The van der Waals surface area contributed by atoms with Crippen LogP contribution in [0.2, 0.25) is 0 Å². The molecule has 0 radical (unpaired) electrons. The molecule has 130 valence electrons. The molecule has 3 atom stereocenters. The Kier molecular flexibility index (Phi) is 5.50. The van der Waals surface area contributed by atoms with Crippen LogP contribution in [0.4, 0.5) is 0 Å². The van der Waals surface area contributed by atoms with Crippen molar-refractivity contribution in [2.75, 3.05) is 0 Å². The summed E-state index contributed by atoms with van der Waals surface area (Å²) >= 11 is 0. The number of carbonyl (C=O) groups excluding carboxylic acids is 1. The number of rotatable bonds is 6. The Morgan fingerprint density at radius 3 is 2.40 bits per heavy atom. The highest BCUT2D eigenvalue weighted by molar-refractivity contribution is 5.91. The predicted octanol–water partition coefficient (Wildman–Crippen LogP) is 4.88. The Morgan fingerprint density at radius 1 is 1.12 bits per heavy atom. The third-order valence-corrected chi connectivity index (χ3v) is 5.33. The van der Waals surface area contributed by atoms with Crippen LogP contribution in [0.1, 0.15) is 37.3 Å². The molecular formula is C23H26O2. The zero-order valence-electron chi connectivity index (χ0n) is 14.9. The van der Waals surface area contributed by atoms with Crippen LogP contribution in [-0.4, -0.2) is 18.0 Å². The second-order valence-electron chi connectivity index (χ2n) is 6.99. The predicted molar refractivity (Wildman–Crippen MR) is 102 cm³/mol. The van der Waals surface area contributed by atoms with Crippen LogP contribution in [0.25, 0.3) is 0 Å². The first-order valence-corrected chi connectivity index (χ1v) is 9.03. The molecule has 2 nitrogen and oxygen atoms in total. The minimum atomic E-state index is -0.590. The third kappa shape index (κ3) is 3.74. The van der Waals surface area contributed by atoms with Gasteiger partial charge in [-0.2, -0.15) is 0 Å². The molecule has 0 unspecified atom stereocenters.